The Hall–Kier alpha value is -1.06. The van der Waals surface area contributed by atoms with Crippen LogP contribution in [0.15, 0.2) is 24.3 Å². The third-order valence-electron chi connectivity index (χ3n) is 1.40. The number of carbonyl (C=O) groups is 1. The maximum Gasteiger partial charge on any atom is 0.337 e. The average molecular weight is 187 g/mol. The predicted molar refractivity (Wildman–Crippen MR) is 44.0 cm³/mol. The number of aliphatic hydroxyl groups is 1. The quantitative estimate of drug-likeness (QED) is 0.735. The van der Waals surface area contributed by atoms with Crippen LogP contribution in [-0.2, 0) is 4.79 Å². The molecule has 4 heteroatoms. The summed E-state index contributed by atoms with van der Waals surface area (Å²) in [5.74, 6) is -1.28. The zero-order valence-electron chi connectivity index (χ0n) is 6.07. The summed E-state index contributed by atoms with van der Waals surface area (Å²) >= 11 is 5.59. The summed E-state index contributed by atoms with van der Waals surface area (Å²) in [6.45, 7) is 0. The molecule has 1 rings (SSSR count). The van der Waals surface area contributed by atoms with Crippen molar-refractivity contribution in [2.45, 2.75) is 6.10 Å². The Bertz CT molecular complexity index is 298. The molecular formula is C8H7ClO3. The molecule has 0 spiro atoms. The Morgan fingerprint density at radius 3 is 2.67 bits per heavy atom. The first kappa shape index (κ1) is 9.03. The van der Waals surface area contributed by atoms with Gasteiger partial charge in [0.15, 0.2) is 6.10 Å². The van der Waals surface area contributed by atoms with Crippen LogP contribution in [0.2, 0.25) is 5.02 Å². The molecule has 1 atom stereocenters. The number of hydrogen-bond donors (Lipinski definition) is 2. The van der Waals surface area contributed by atoms with Crippen LogP contribution in [0.3, 0.4) is 0 Å². The highest BCUT2D eigenvalue weighted by Gasteiger charge is 2.15. The number of hydrogen-bond acceptors (Lipinski definition) is 2. The summed E-state index contributed by atoms with van der Waals surface area (Å²) in [6, 6.07) is 6.12. The van der Waals surface area contributed by atoms with E-state index in [1.54, 1.807) is 12.1 Å². The molecule has 0 aliphatic heterocycles. The summed E-state index contributed by atoms with van der Waals surface area (Å²) in [6.07, 6.45) is -1.50. The Morgan fingerprint density at radius 1 is 1.50 bits per heavy atom. The summed E-state index contributed by atoms with van der Waals surface area (Å²) in [5, 5.41) is 17.9. The zero-order chi connectivity index (χ0) is 9.14. The molecule has 1 aromatic rings. The van der Waals surface area contributed by atoms with Gasteiger partial charge >= 0.3 is 5.97 Å². The maximum absolute atomic E-state index is 10.3. The molecule has 0 aliphatic carbocycles. The van der Waals surface area contributed by atoms with E-state index in [-0.39, 0.29) is 5.56 Å². The highest BCUT2D eigenvalue weighted by atomic mass is 35.5. The van der Waals surface area contributed by atoms with Gasteiger partial charge in [0, 0.05) is 5.02 Å². The maximum atomic E-state index is 10.3. The van der Waals surface area contributed by atoms with Gasteiger partial charge in [0.25, 0.3) is 0 Å². The van der Waals surface area contributed by atoms with Crippen LogP contribution in [0.25, 0.3) is 0 Å². The first-order valence-electron chi connectivity index (χ1n) is 3.27. The normalized spacial score (nSPS) is 12.5. The molecule has 1 aromatic carbocycles. The molecule has 0 radical (unpaired) electrons. The van der Waals surface area contributed by atoms with Crippen molar-refractivity contribution < 1.29 is 15.0 Å². The highest BCUT2D eigenvalue weighted by Crippen LogP contribution is 2.17. The third-order valence-corrected chi connectivity index (χ3v) is 1.63. The van der Waals surface area contributed by atoms with E-state index in [2.05, 4.69) is 0 Å². The Labute approximate surface area is 74.2 Å². The molecule has 0 unspecified atom stereocenters. The van der Waals surface area contributed by atoms with Crippen LogP contribution >= 0.6 is 11.6 Å². The van der Waals surface area contributed by atoms with E-state index >= 15 is 0 Å². The fraction of sp³-hybridized carbons (Fsp3) is 0.125. The van der Waals surface area contributed by atoms with Crippen LogP contribution in [0.4, 0.5) is 0 Å². The SMILES string of the molecule is O=C(O)[C@H](O)c1cccc(Cl)c1. The summed E-state index contributed by atoms with van der Waals surface area (Å²) in [7, 11) is 0. The van der Waals surface area contributed by atoms with Crippen LogP contribution in [0, 0.1) is 0 Å². The second-order valence-electron chi connectivity index (χ2n) is 2.30. The van der Waals surface area contributed by atoms with Gasteiger partial charge in [-0.15, -0.1) is 0 Å². The fourth-order valence-electron chi connectivity index (χ4n) is 0.819. The number of carboxylic acid groups (broad SMARTS) is 1. The van der Waals surface area contributed by atoms with Crippen LogP contribution in [0.1, 0.15) is 11.7 Å². The molecule has 3 nitrogen and oxygen atoms in total. The van der Waals surface area contributed by atoms with E-state index in [4.69, 9.17) is 21.8 Å². The summed E-state index contributed by atoms with van der Waals surface area (Å²) < 4.78 is 0. The lowest BCUT2D eigenvalue weighted by Crippen LogP contribution is -2.09. The van der Waals surface area contributed by atoms with Gasteiger partial charge in [-0.3, -0.25) is 0 Å². The van der Waals surface area contributed by atoms with Crippen molar-refractivity contribution in [2.24, 2.45) is 0 Å². The van der Waals surface area contributed by atoms with E-state index in [0.717, 1.165) is 0 Å². The molecule has 0 fully saturated rings. The van der Waals surface area contributed by atoms with E-state index in [0.29, 0.717) is 5.02 Å². The van der Waals surface area contributed by atoms with Crippen LogP contribution < -0.4 is 0 Å². The number of aliphatic hydroxyl groups excluding tert-OH is 1. The molecule has 0 aromatic heterocycles. The smallest absolute Gasteiger partial charge is 0.337 e. The molecule has 0 saturated heterocycles. The zero-order valence-corrected chi connectivity index (χ0v) is 6.82. The predicted octanol–water partition coefficient (Wildman–Crippen LogP) is 1.46. The van der Waals surface area contributed by atoms with Crippen molar-refractivity contribution >= 4 is 17.6 Å². The van der Waals surface area contributed by atoms with E-state index in [1.807, 2.05) is 0 Å². The lowest BCUT2D eigenvalue weighted by Gasteiger charge is -2.04. The van der Waals surface area contributed by atoms with Gasteiger partial charge in [-0.25, -0.2) is 4.79 Å². The van der Waals surface area contributed by atoms with Gasteiger partial charge < -0.3 is 10.2 Å². The highest BCUT2D eigenvalue weighted by molar-refractivity contribution is 6.30. The average Bonchev–Trinajstić information content (AvgIpc) is 2.03. The minimum absolute atomic E-state index is 0.287. The lowest BCUT2D eigenvalue weighted by molar-refractivity contribution is -0.146. The topological polar surface area (TPSA) is 57.5 Å². The Balaban J connectivity index is 2.95. The molecule has 12 heavy (non-hydrogen) atoms. The van der Waals surface area contributed by atoms with Crippen molar-refractivity contribution in [3.63, 3.8) is 0 Å². The van der Waals surface area contributed by atoms with Crippen LogP contribution in [-0.4, -0.2) is 16.2 Å². The fourth-order valence-corrected chi connectivity index (χ4v) is 1.02. The van der Waals surface area contributed by atoms with Gasteiger partial charge in [0.05, 0.1) is 0 Å². The number of benzene rings is 1. The Morgan fingerprint density at radius 2 is 2.17 bits per heavy atom. The summed E-state index contributed by atoms with van der Waals surface area (Å²) in [4.78, 5) is 10.3. The van der Waals surface area contributed by atoms with Crippen molar-refractivity contribution in [3.8, 4) is 0 Å². The molecule has 0 amide bonds. The third kappa shape index (κ3) is 1.96. The lowest BCUT2D eigenvalue weighted by atomic mass is 10.1. The van der Waals surface area contributed by atoms with Gasteiger partial charge in [-0.05, 0) is 17.7 Å². The largest absolute Gasteiger partial charge is 0.479 e. The number of carboxylic acids is 1. The van der Waals surface area contributed by atoms with Gasteiger partial charge in [0.2, 0.25) is 0 Å². The van der Waals surface area contributed by atoms with E-state index < -0.39 is 12.1 Å². The van der Waals surface area contributed by atoms with Crippen molar-refractivity contribution in [1.82, 2.24) is 0 Å². The first-order valence-corrected chi connectivity index (χ1v) is 3.65. The number of rotatable bonds is 2. The van der Waals surface area contributed by atoms with Gasteiger partial charge in [-0.2, -0.15) is 0 Å². The van der Waals surface area contributed by atoms with Crippen molar-refractivity contribution in [2.75, 3.05) is 0 Å². The van der Waals surface area contributed by atoms with Gasteiger partial charge in [-0.1, -0.05) is 23.7 Å². The van der Waals surface area contributed by atoms with Crippen LogP contribution in [0.5, 0.6) is 0 Å². The monoisotopic (exact) mass is 186 g/mol. The number of aliphatic carboxylic acids is 1. The van der Waals surface area contributed by atoms with E-state index in [9.17, 15) is 4.79 Å². The molecule has 0 saturated carbocycles. The molecule has 0 heterocycles. The molecule has 0 bridgehead atoms. The minimum atomic E-state index is -1.50. The molecule has 0 aliphatic rings. The van der Waals surface area contributed by atoms with Gasteiger partial charge in [0.1, 0.15) is 0 Å². The van der Waals surface area contributed by atoms with E-state index in [1.165, 1.54) is 12.1 Å². The molecular weight excluding hydrogens is 180 g/mol. The second-order valence-corrected chi connectivity index (χ2v) is 2.73. The van der Waals surface area contributed by atoms with Crippen molar-refractivity contribution in [3.05, 3.63) is 34.9 Å². The number of halogens is 1. The summed E-state index contributed by atoms with van der Waals surface area (Å²) in [5.41, 5.74) is 0.287. The molecule has 2 N–H and O–H groups in total. The second kappa shape index (κ2) is 3.56. The Kier molecular flexibility index (Phi) is 2.68. The minimum Gasteiger partial charge on any atom is -0.479 e. The van der Waals surface area contributed by atoms with Crippen molar-refractivity contribution in [1.29, 1.82) is 0 Å². The molecule has 64 valence electrons. The standard InChI is InChI=1S/C8H7ClO3/c9-6-3-1-2-5(4-6)7(10)8(11)12/h1-4,7,10H,(H,11,12)/t7-/m1/s1. The first-order chi connectivity index (χ1) is 5.61.